The van der Waals surface area contributed by atoms with Gasteiger partial charge in [-0.3, -0.25) is 5.32 Å². The second kappa shape index (κ2) is 9.88. The number of hydrogen-bond donors (Lipinski definition) is 3. The Kier molecular flexibility index (Phi) is 6.56. The fourth-order valence-electron chi connectivity index (χ4n) is 3.02. The van der Waals surface area contributed by atoms with E-state index in [1.54, 1.807) is 18.6 Å². The van der Waals surface area contributed by atoms with Gasteiger partial charge in [0.15, 0.2) is 5.13 Å². The number of para-hydroxylation sites is 1. The predicted octanol–water partition coefficient (Wildman–Crippen LogP) is 2.07. The van der Waals surface area contributed by atoms with Crippen molar-refractivity contribution in [2.75, 3.05) is 42.3 Å². The van der Waals surface area contributed by atoms with E-state index in [4.69, 9.17) is 10.5 Å². The van der Waals surface area contributed by atoms with Gasteiger partial charge in [0.05, 0.1) is 29.9 Å². The van der Waals surface area contributed by atoms with E-state index >= 15 is 0 Å². The number of ether oxygens (including phenoxy) is 1. The molecule has 0 aliphatic carbocycles. The Bertz CT molecular complexity index is 1100. The molecule has 3 heterocycles. The number of nitrogens with two attached hydrogens (primary N) is 1. The zero-order valence-electron chi connectivity index (χ0n) is 16.7. The fraction of sp³-hybridized carbons (Fsp3) is 0.238. The molecule has 158 valence electrons. The lowest BCUT2D eigenvalue weighted by atomic mass is 10.1. The molecule has 9 nitrogen and oxygen atoms in total. The van der Waals surface area contributed by atoms with Gasteiger partial charge in [-0.2, -0.15) is 0 Å². The third-order valence-corrected chi connectivity index (χ3v) is 5.34. The first-order valence-corrected chi connectivity index (χ1v) is 10.5. The molecular formula is C21H21N7O2S. The van der Waals surface area contributed by atoms with E-state index < -0.39 is 0 Å². The highest BCUT2D eigenvalue weighted by Crippen LogP contribution is 2.21. The number of nitrogen functional groups attached to an aromatic ring is 1. The minimum atomic E-state index is -0.322. The molecule has 1 saturated heterocycles. The Morgan fingerprint density at radius 2 is 1.90 bits per heavy atom. The number of nitrogens with zero attached hydrogens (tertiary/aromatic N) is 4. The third-order valence-electron chi connectivity index (χ3n) is 4.51. The van der Waals surface area contributed by atoms with Crippen LogP contribution >= 0.6 is 11.3 Å². The lowest BCUT2D eigenvalue weighted by Gasteiger charge is -2.30. The largest absolute Gasteiger partial charge is 0.378 e. The molecule has 0 radical (unpaired) electrons. The molecule has 0 saturated carbocycles. The summed E-state index contributed by atoms with van der Waals surface area (Å²) in [6.07, 6.45) is 4.72. The SMILES string of the molecule is Nc1ncc(C#Cc2cnc(NC(=O)NCc3ccccc3N3CCOCC3)s2)cn1. The lowest BCUT2D eigenvalue weighted by Crippen LogP contribution is -2.37. The molecule has 1 fully saturated rings. The summed E-state index contributed by atoms with van der Waals surface area (Å²) >= 11 is 1.29. The second-order valence-electron chi connectivity index (χ2n) is 6.65. The molecular weight excluding hydrogens is 414 g/mol. The standard InChI is InChI=1S/C21H21N7O2S/c22-19-23-11-15(12-24-19)5-6-17-14-26-21(31-17)27-20(29)25-13-16-3-1-2-4-18(16)28-7-9-30-10-8-28/h1-4,11-12,14H,7-10,13H2,(H2,22,23,24)(H2,25,26,27,29). The van der Waals surface area contributed by atoms with Crippen LogP contribution in [0.1, 0.15) is 16.0 Å². The molecule has 3 aromatic rings. The maximum absolute atomic E-state index is 12.3. The van der Waals surface area contributed by atoms with Gasteiger partial charge in [-0.05, 0) is 17.6 Å². The summed E-state index contributed by atoms with van der Waals surface area (Å²) in [6.45, 7) is 3.52. The molecule has 2 aromatic heterocycles. The van der Waals surface area contributed by atoms with Gasteiger partial charge in [0.2, 0.25) is 5.95 Å². The van der Waals surface area contributed by atoms with Gasteiger partial charge >= 0.3 is 6.03 Å². The van der Waals surface area contributed by atoms with Gasteiger partial charge in [-0.15, -0.1) is 0 Å². The normalized spacial score (nSPS) is 13.2. The Balaban J connectivity index is 1.33. The number of carbonyl (C=O) groups is 1. The van der Waals surface area contributed by atoms with Gasteiger partial charge in [0.25, 0.3) is 0 Å². The van der Waals surface area contributed by atoms with Crippen molar-refractivity contribution >= 4 is 34.1 Å². The smallest absolute Gasteiger partial charge is 0.321 e. The number of nitrogens with one attached hydrogen (secondary N) is 2. The number of benzene rings is 1. The van der Waals surface area contributed by atoms with Gasteiger partial charge in [-0.25, -0.2) is 19.7 Å². The van der Waals surface area contributed by atoms with Crippen molar-refractivity contribution in [2.45, 2.75) is 6.54 Å². The number of urea groups is 1. The van der Waals surface area contributed by atoms with E-state index in [-0.39, 0.29) is 12.0 Å². The molecule has 1 aliphatic rings. The van der Waals surface area contributed by atoms with Gasteiger partial charge in [0.1, 0.15) is 0 Å². The van der Waals surface area contributed by atoms with Crippen LogP contribution in [-0.2, 0) is 11.3 Å². The number of carbonyl (C=O) groups excluding carboxylic acids is 1. The topological polar surface area (TPSA) is 118 Å². The molecule has 0 spiro atoms. The summed E-state index contributed by atoms with van der Waals surface area (Å²) in [4.78, 5) is 27.3. The van der Waals surface area contributed by atoms with Crippen molar-refractivity contribution in [1.82, 2.24) is 20.3 Å². The van der Waals surface area contributed by atoms with Gasteiger partial charge < -0.3 is 20.7 Å². The zero-order valence-corrected chi connectivity index (χ0v) is 17.5. The van der Waals surface area contributed by atoms with Crippen molar-refractivity contribution < 1.29 is 9.53 Å². The van der Waals surface area contributed by atoms with Crippen molar-refractivity contribution in [2.24, 2.45) is 0 Å². The highest BCUT2D eigenvalue weighted by atomic mass is 32.1. The van der Waals surface area contributed by atoms with Crippen LogP contribution in [0.25, 0.3) is 0 Å². The van der Waals surface area contributed by atoms with Crippen molar-refractivity contribution in [3.63, 3.8) is 0 Å². The van der Waals surface area contributed by atoms with Gasteiger partial charge in [-0.1, -0.05) is 35.5 Å². The summed E-state index contributed by atoms with van der Waals surface area (Å²) in [5, 5.41) is 6.11. The Hall–Kier alpha value is -3.68. The maximum atomic E-state index is 12.3. The van der Waals surface area contributed by atoms with E-state index in [2.05, 4.69) is 48.4 Å². The number of hydrogen-bond acceptors (Lipinski definition) is 8. The predicted molar refractivity (Wildman–Crippen MR) is 120 cm³/mol. The summed E-state index contributed by atoms with van der Waals surface area (Å²) in [5.41, 5.74) is 8.27. The summed E-state index contributed by atoms with van der Waals surface area (Å²) in [6, 6.07) is 7.73. The molecule has 1 aromatic carbocycles. The molecule has 4 rings (SSSR count). The molecule has 0 atom stereocenters. The number of amides is 2. The summed E-state index contributed by atoms with van der Waals surface area (Å²) in [5.74, 6) is 6.11. The highest BCUT2D eigenvalue weighted by molar-refractivity contribution is 7.16. The first kappa shape index (κ1) is 20.6. The summed E-state index contributed by atoms with van der Waals surface area (Å²) in [7, 11) is 0. The van der Waals surface area contributed by atoms with Crippen LogP contribution in [0.3, 0.4) is 0 Å². The van der Waals surface area contributed by atoms with Crippen LogP contribution in [0, 0.1) is 11.8 Å². The maximum Gasteiger partial charge on any atom is 0.321 e. The number of morpholine rings is 1. The molecule has 1 aliphatic heterocycles. The van der Waals surface area contributed by atoms with Crippen LogP contribution in [-0.4, -0.2) is 47.3 Å². The van der Waals surface area contributed by atoms with E-state index in [1.165, 1.54) is 11.3 Å². The minimum Gasteiger partial charge on any atom is -0.378 e. The fourth-order valence-corrected chi connectivity index (χ4v) is 3.68. The number of rotatable bonds is 4. The van der Waals surface area contributed by atoms with Crippen LogP contribution in [0.5, 0.6) is 0 Å². The van der Waals surface area contributed by atoms with E-state index in [1.807, 2.05) is 18.2 Å². The quantitative estimate of drug-likeness (QED) is 0.537. The molecule has 2 amide bonds. The monoisotopic (exact) mass is 435 g/mol. The Morgan fingerprint density at radius 1 is 1.13 bits per heavy atom. The summed E-state index contributed by atoms with van der Waals surface area (Å²) < 4.78 is 5.43. The molecule has 0 unspecified atom stereocenters. The number of thiazole rings is 1. The Labute approximate surface area is 183 Å². The minimum absolute atomic E-state index is 0.202. The Morgan fingerprint density at radius 3 is 2.71 bits per heavy atom. The second-order valence-corrected chi connectivity index (χ2v) is 7.68. The first-order valence-electron chi connectivity index (χ1n) is 9.68. The highest BCUT2D eigenvalue weighted by Gasteiger charge is 2.15. The van der Waals surface area contributed by atoms with Crippen molar-refractivity contribution in [1.29, 1.82) is 0 Å². The zero-order chi connectivity index (χ0) is 21.5. The number of aromatic nitrogens is 3. The average Bonchev–Trinajstić information content (AvgIpc) is 3.25. The van der Waals surface area contributed by atoms with Crippen LogP contribution in [0.4, 0.5) is 21.6 Å². The lowest BCUT2D eigenvalue weighted by molar-refractivity contribution is 0.122. The molecule has 4 N–H and O–H groups in total. The molecule has 0 bridgehead atoms. The third kappa shape index (κ3) is 5.69. The van der Waals surface area contributed by atoms with Crippen molar-refractivity contribution in [3.05, 3.63) is 58.9 Å². The van der Waals surface area contributed by atoms with Crippen LogP contribution in [0.2, 0.25) is 0 Å². The van der Waals surface area contributed by atoms with E-state index in [0.29, 0.717) is 35.3 Å². The van der Waals surface area contributed by atoms with Crippen LogP contribution in [0.15, 0.2) is 42.9 Å². The first-order chi connectivity index (χ1) is 15.2. The molecule has 10 heteroatoms. The van der Waals surface area contributed by atoms with Gasteiger partial charge in [0, 0.05) is 37.7 Å². The average molecular weight is 436 g/mol. The van der Waals surface area contributed by atoms with Crippen molar-refractivity contribution in [3.8, 4) is 11.8 Å². The molecule has 31 heavy (non-hydrogen) atoms. The van der Waals surface area contributed by atoms with Crippen LogP contribution < -0.4 is 21.3 Å². The van der Waals surface area contributed by atoms with E-state index in [9.17, 15) is 4.79 Å². The van der Waals surface area contributed by atoms with E-state index in [0.717, 1.165) is 24.3 Å². The number of anilines is 3.